The third-order valence-corrected chi connectivity index (χ3v) is 6.43. The maximum Gasteiger partial charge on any atom is 0.223 e. The van der Waals surface area contributed by atoms with Gasteiger partial charge in [-0.2, -0.15) is 10.1 Å². The number of fused-ring (bicyclic) bond motifs is 4. The van der Waals surface area contributed by atoms with Gasteiger partial charge in [0.2, 0.25) is 5.88 Å². The summed E-state index contributed by atoms with van der Waals surface area (Å²) in [6, 6.07) is 13.4. The molecular formula is C22H23N5O. The number of rotatable bonds is 3. The molecule has 1 aromatic carbocycles. The lowest BCUT2D eigenvalue weighted by Gasteiger charge is -2.26. The number of aromatic nitrogens is 3. The van der Waals surface area contributed by atoms with E-state index in [4.69, 9.17) is 9.72 Å². The SMILES string of the molecule is CN(C)C1[C@H]2CN(c3ccc4c(n3)OCc3cc(-n5cccn5)ccc3-4)C[C@@H]12. The van der Waals surface area contributed by atoms with Gasteiger partial charge in [-0.05, 0) is 67.4 Å². The average Bonchev–Trinajstić information content (AvgIpc) is 3.09. The van der Waals surface area contributed by atoms with Crippen molar-refractivity contribution in [2.24, 2.45) is 11.8 Å². The zero-order chi connectivity index (χ0) is 18.8. The van der Waals surface area contributed by atoms with Gasteiger partial charge in [0.25, 0.3) is 0 Å². The molecule has 6 nitrogen and oxygen atoms in total. The van der Waals surface area contributed by atoms with Crippen LogP contribution in [-0.2, 0) is 6.61 Å². The summed E-state index contributed by atoms with van der Waals surface area (Å²) >= 11 is 0. The Morgan fingerprint density at radius 1 is 1.07 bits per heavy atom. The molecular weight excluding hydrogens is 350 g/mol. The fourth-order valence-electron chi connectivity index (χ4n) is 5.04. The molecule has 6 rings (SSSR count). The van der Waals surface area contributed by atoms with Crippen molar-refractivity contribution in [1.82, 2.24) is 19.7 Å². The van der Waals surface area contributed by atoms with Crippen molar-refractivity contribution in [3.05, 3.63) is 54.4 Å². The molecule has 0 bridgehead atoms. The lowest BCUT2D eigenvalue weighted by molar-refractivity contribution is 0.290. The van der Waals surface area contributed by atoms with Gasteiger partial charge in [0.1, 0.15) is 12.4 Å². The van der Waals surface area contributed by atoms with E-state index < -0.39 is 0 Å². The van der Waals surface area contributed by atoms with E-state index in [0.717, 1.165) is 53.9 Å². The molecule has 0 amide bonds. The second-order valence-electron chi connectivity index (χ2n) is 8.29. The Hall–Kier alpha value is -2.86. The topological polar surface area (TPSA) is 46.4 Å². The molecule has 2 fully saturated rings. The van der Waals surface area contributed by atoms with E-state index in [2.05, 4.69) is 59.3 Å². The molecule has 0 radical (unpaired) electrons. The van der Waals surface area contributed by atoms with E-state index in [0.29, 0.717) is 6.61 Å². The lowest BCUT2D eigenvalue weighted by Crippen LogP contribution is -2.31. The van der Waals surface area contributed by atoms with Crippen molar-refractivity contribution in [3.8, 4) is 22.7 Å². The molecule has 2 aromatic heterocycles. The molecule has 1 saturated heterocycles. The minimum absolute atomic E-state index is 0.544. The zero-order valence-electron chi connectivity index (χ0n) is 16.1. The summed E-state index contributed by atoms with van der Waals surface area (Å²) in [5.74, 6) is 3.37. The van der Waals surface area contributed by atoms with E-state index in [1.807, 2.05) is 16.9 Å². The largest absolute Gasteiger partial charge is 0.472 e. The molecule has 3 aliphatic rings. The predicted octanol–water partition coefficient (Wildman–Crippen LogP) is 2.82. The summed E-state index contributed by atoms with van der Waals surface area (Å²) in [5.41, 5.74) is 4.50. The third kappa shape index (κ3) is 2.37. The highest BCUT2D eigenvalue weighted by Gasteiger charge is 2.57. The minimum atomic E-state index is 0.544. The Labute approximate surface area is 164 Å². The van der Waals surface area contributed by atoms with Crippen molar-refractivity contribution >= 4 is 5.82 Å². The molecule has 0 N–H and O–H groups in total. The molecule has 2 aliphatic heterocycles. The van der Waals surface area contributed by atoms with Crippen LogP contribution in [0.2, 0.25) is 0 Å². The first kappa shape index (κ1) is 16.1. The van der Waals surface area contributed by atoms with Crippen LogP contribution in [0.5, 0.6) is 5.88 Å². The Morgan fingerprint density at radius 2 is 1.89 bits per heavy atom. The van der Waals surface area contributed by atoms with Crippen LogP contribution in [0, 0.1) is 11.8 Å². The van der Waals surface area contributed by atoms with Crippen LogP contribution in [0.4, 0.5) is 5.82 Å². The fraction of sp³-hybridized carbons (Fsp3) is 0.364. The van der Waals surface area contributed by atoms with Crippen LogP contribution >= 0.6 is 0 Å². The molecule has 28 heavy (non-hydrogen) atoms. The normalized spacial score (nSPS) is 24.5. The van der Waals surface area contributed by atoms with Crippen LogP contribution in [0.25, 0.3) is 16.8 Å². The maximum absolute atomic E-state index is 6.04. The van der Waals surface area contributed by atoms with E-state index in [1.165, 1.54) is 11.1 Å². The molecule has 142 valence electrons. The summed E-state index contributed by atoms with van der Waals surface area (Å²) in [5, 5.41) is 4.32. The Kier molecular flexibility index (Phi) is 3.35. The summed E-state index contributed by atoms with van der Waals surface area (Å²) in [6.07, 6.45) is 3.74. The van der Waals surface area contributed by atoms with E-state index in [9.17, 15) is 0 Å². The molecule has 0 spiro atoms. The second-order valence-corrected chi connectivity index (χ2v) is 8.29. The Balaban J connectivity index is 1.27. The van der Waals surface area contributed by atoms with Crippen LogP contribution in [0.1, 0.15) is 5.56 Å². The molecule has 6 heteroatoms. The van der Waals surface area contributed by atoms with Gasteiger partial charge >= 0.3 is 0 Å². The van der Waals surface area contributed by atoms with Crippen molar-refractivity contribution in [1.29, 1.82) is 0 Å². The van der Waals surface area contributed by atoms with Gasteiger partial charge in [-0.15, -0.1) is 0 Å². The summed E-state index contributed by atoms with van der Waals surface area (Å²) in [6.45, 7) is 2.74. The van der Waals surface area contributed by atoms with Crippen molar-refractivity contribution in [2.45, 2.75) is 12.6 Å². The van der Waals surface area contributed by atoms with E-state index >= 15 is 0 Å². The van der Waals surface area contributed by atoms with Gasteiger partial charge in [0.15, 0.2) is 0 Å². The number of nitrogens with zero attached hydrogens (tertiary/aromatic N) is 5. The van der Waals surface area contributed by atoms with Crippen molar-refractivity contribution in [3.63, 3.8) is 0 Å². The smallest absolute Gasteiger partial charge is 0.223 e. The first-order valence-electron chi connectivity index (χ1n) is 9.87. The van der Waals surface area contributed by atoms with Gasteiger partial charge in [-0.1, -0.05) is 6.07 Å². The number of anilines is 1. The number of piperidine rings is 1. The first-order valence-corrected chi connectivity index (χ1v) is 9.87. The standard InChI is InChI=1S/C22H23N5O/c1-25(2)21-18-11-26(12-19(18)21)20-7-6-17-16-5-4-15(27-9-3-8-23-27)10-14(16)13-28-22(17)24-20/h3-10,18-19,21H,11-13H2,1-2H3/t18-,19+,21?. The van der Waals surface area contributed by atoms with Crippen LogP contribution < -0.4 is 9.64 Å². The van der Waals surface area contributed by atoms with Crippen molar-refractivity contribution in [2.75, 3.05) is 32.1 Å². The highest BCUT2D eigenvalue weighted by atomic mass is 16.5. The number of benzene rings is 1. The molecule has 1 aliphatic carbocycles. The number of ether oxygens (including phenoxy) is 1. The molecule has 1 saturated carbocycles. The number of pyridine rings is 1. The average molecular weight is 373 g/mol. The monoisotopic (exact) mass is 373 g/mol. The van der Waals surface area contributed by atoms with Crippen molar-refractivity contribution < 1.29 is 4.74 Å². The fourth-order valence-corrected chi connectivity index (χ4v) is 5.04. The van der Waals surface area contributed by atoms with Gasteiger partial charge in [0.05, 0.1) is 5.69 Å². The zero-order valence-corrected chi connectivity index (χ0v) is 16.1. The molecule has 4 heterocycles. The highest BCUT2D eigenvalue weighted by molar-refractivity contribution is 5.75. The lowest BCUT2D eigenvalue weighted by atomic mass is 9.98. The summed E-state index contributed by atoms with van der Waals surface area (Å²) in [4.78, 5) is 9.64. The molecule has 3 aromatic rings. The minimum Gasteiger partial charge on any atom is -0.472 e. The van der Waals surface area contributed by atoms with Gasteiger partial charge in [-0.3, -0.25) is 0 Å². The summed E-state index contributed by atoms with van der Waals surface area (Å²) in [7, 11) is 4.38. The predicted molar refractivity (Wildman–Crippen MR) is 108 cm³/mol. The summed E-state index contributed by atoms with van der Waals surface area (Å²) < 4.78 is 7.92. The first-order chi connectivity index (χ1) is 13.7. The van der Waals surface area contributed by atoms with E-state index in [1.54, 1.807) is 6.20 Å². The Morgan fingerprint density at radius 3 is 2.64 bits per heavy atom. The number of hydrogen-bond acceptors (Lipinski definition) is 5. The van der Waals surface area contributed by atoms with Crippen LogP contribution in [0.15, 0.2) is 48.8 Å². The van der Waals surface area contributed by atoms with E-state index in [-0.39, 0.29) is 0 Å². The number of hydrogen-bond donors (Lipinski definition) is 0. The third-order valence-electron chi connectivity index (χ3n) is 6.43. The quantitative estimate of drug-likeness (QED) is 0.707. The molecule has 1 unspecified atom stereocenters. The Bertz CT molecular complexity index is 1030. The van der Waals surface area contributed by atoms with Gasteiger partial charge in [0, 0.05) is 37.1 Å². The van der Waals surface area contributed by atoms with Crippen LogP contribution in [-0.4, -0.2) is 52.9 Å². The van der Waals surface area contributed by atoms with Gasteiger partial charge in [-0.25, -0.2) is 4.68 Å². The maximum atomic E-state index is 6.04. The highest BCUT2D eigenvalue weighted by Crippen LogP contribution is 2.49. The van der Waals surface area contributed by atoms with Gasteiger partial charge < -0.3 is 14.5 Å². The second kappa shape index (κ2) is 5.82. The van der Waals surface area contributed by atoms with Crippen LogP contribution in [0.3, 0.4) is 0 Å². The molecule has 3 atom stereocenters.